The van der Waals surface area contributed by atoms with Crippen molar-refractivity contribution < 1.29 is 5.11 Å². The van der Waals surface area contributed by atoms with E-state index in [1.807, 2.05) is 6.07 Å². The summed E-state index contributed by atoms with van der Waals surface area (Å²) in [5, 5.41) is 13.4. The first-order valence-electron chi connectivity index (χ1n) is 9.29. The zero-order valence-electron chi connectivity index (χ0n) is 14.7. The molecule has 0 amide bonds. The van der Waals surface area contributed by atoms with Crippen molar-refractivity contribution in [2.45, 2.75) is 84.6 Å². The lowest BCUT2D eigenvalue weighted by Crippen LogP contribution is -2.14. The van der Waals surface area contributed by atoms with Gasteiger partial charge in [0, 0.05) is 12.1 Å². The summed E-state index contributed by atoms with van der Waals surface area (Å²) in [7, 11) is 0. The van der Waals surface area contributed by atoms with Gasteiger partial charge in [0.15, 0.2) is 0 Å². The highest BCUT2D eigenvalue weighted by Crippen LogP contribution is 2.20. The molecule has 2 heteroatoms. The molecule has 2 N–H and O–H groups in total. The fraction of sp³-hybridized carbons (Fsp3) is 0.700. The Labute approximate surface area is 137 Å². The van der Waals surface area contributed by atoms with Gasteiger partial charge >= 0.3 is 0 Å². The van der Waals surface area contributed by atoms with Gasteiger partial charge < -0.3 is 10.4 Å². The molecule has 1 aromatic rings. The van der Waals surface area contributed by atoms with E-state index in [4.69, 9.17) is 0 Å². The van der Waals surface area contributed by atoms with Crippen LogP contribution in [-0.4, -0.2) is 11.7 Å². The number of rotatable bonds is 13. The molecule has 22 heavy (non-hydrogen) atoms. The molecule has 2 nitrogen and oxygen atoms in total. The van der Waals surface area contributed by atoms with E-state index >= 15 is 0 Å². The maximum absolute atomic E-state index is 9.97. The van der Waals surface area contributed by atoms with E-state index in [2.05, 4.69) is 31.3 Å². The topological polar surface area (TPSA) is 32.3 Å². The average molecular weight is 306 g/mol. The Bertz CT molecular complexity index is 389. The Morgan fingerprint density at radius 3 is 2.32 bits per heavy atom. The minimum Gasteiger partial charge on any atom is -0.508 e. The summed E-state index contributed by atoms with van der Waals surface area (Å²) >= 11 is 0. The number of aromatic hydroxyl groups is 1. The van der Waals surface area contributed by atoms with E-state index in [9.17, 15) is 5.11 Å². The molecule has 0 radical (unpaired) electrons. The van der Waals surface area contributed by atoms with Crippen molar-refractivity contribution in [3.63, 3.8) is 0 Å². The monoisotopic (exact) mass is 305 g/mol. The van der Waals surface area contributed by atoms with Gasteiger partial charge in [-0.05, 0) is 37.4 Å². The van der Waals surface area contributed by atoms with E-state index in [1.165, 1.54) is 63.4 Å². The fourth-order valence-corrected chi connectivity index (χ4v) is 2.77. The normalized spacial score (nSPS) is 11.0. The lowest BCUT2D eigenvalue weighted by Gasteiger charge is -2.09. The largest absolute Gasteiger partial charge is 0.508 e. The highest BCUT2D eigenvalue weighted by atomic mass is 16.3. The Balaban J connectivity index is 2.28. The summed E-state index contributed by atoms with van der Waals surface area (Å²) < 4.78 is 0. The second-order valence-corrected chi connectivity index (χ2v) is 6.36. The van der Waals surface area contributed by atoms with Crippen LogP contribution in [0.4, 0.5) is 0 Å². The second kappa shape index (κ2) is 12.5. The van der Waals surface area contributed by atoms with Crippen LogP contribution in [0.2, 0.25) is 0 Å². The van der Waals surface area contributed by atoms with Crippen molar-refractivity contribution in [3.05, 3.63) is 29.3 Å². The Hall–Kier alpha value is -1.02. The SMILES string of the molecule is CCCCCCCCc1ccc(O)c(CNCCCCC)c1. The molecule has 126 valence electrons. The van der Waals surface area contributed by atoms with Gasteiger partial charge in [-0.3, -0.25) is 0 Å². The first kappa shape index (κ1) is 19.0. The van der Waals surface area contributed by atoms with Crippen LogP contribution in [0, 0.1) is 0 Å². The molecular formula is C20H35NO. The molecule has 0 saturated carbocycles. The summed E-state index contributed by atoms with van der Waals surface area (Å²) in [6.07, 6.45) is 12.9. The minimum atomic E-state index is 0.426. The summed E-state index contributed by atoms with van der Waals surface area (Å²) in [4.78, 5) is 0. The number of hydrogen-bond donors (Lipinski definition) is 2. The van der Waals surface area contributed by atoms with Gasteiger partial charge in [0.2, 0.25) is 0 Å². The molecule has 0 bridgehead atoms. The highest BCUT2D eigenvalue weighted by Gasteiger charge is 2.03. The molecule has 0 atom stereocenters. The molecule has 1 aromatic carbocycles. The molecule has 1 rings (SSSR count). The number of nitrogens with one attached hydrogen (secondary N) is 1. The Morgan fingerprint density at radius 2 is 1.55 bits per heavy atom. The van der Waals surface area contributed by atoms with E-state index in [0.29, 0.717) is 5.75 Å². The molecule has 0 aliphatic carbocycles. The lowest BCUT2D eigenvalue weighted by atomic mass is 10.0. The third-order valence-corrected chi connectivity index (χ3v) is 4.24. The first-order valence-corrected chi connectivity index (χ1v) is 9.29. The predicted molar refractivity (Wildman–Crippen MR) is 96.4 cm³/mol. The molecule has 0 heterocycles. The molecular weight excluding hydrogens is 270 g/mol. The number of hydrogen-bond acceptors (Lipinski definition) is 2. The number of benzene rings is 1. The third kappa shape index (κ3) is 8.43. The van der Waals surface area contributed by atoms with Crippen molar-refractivity contribution in [2.24, 2.45) is 0 Å². The molecule has 0 fully saturated rings. The third-order valence-electron chi connectivity index (χ3n) is 4.24. The van der Waals surface area contributed by atoms with Gasteiger partial charge in [-0.25, -0.2) is 0 Å². The highest BCUT2D eigenvalue weighted by molar-refractivity contribution is 5.36. The number of aryl methyl sites for hydroxylation is 1. The van der Waals surface area contributed by atoms with Crippen LogP contribution in [-0.2, 0) is 13.0 Å². The van der Waals surface area contributed by atoms with Crippen molar-refractivity contribution >= 4 is 0 Å². The van der Waals surface area contributed by atoms with Crippen LogP contribution in [0.15, 0.2) is 18.2 Å². The minimum absolute atomic E-state index is 0.426. The van der Waals surface area contributed by atoms with Gasteiger partial charge in [-0.1, -0.05) is 70.9 Å². The lowest BCUT2D eigenvalue weighted by molar-refractivity contribution is 0.463. The smallest absolute Gasteiger partial charge is 0.120 e. The van der Waals surface area contributed by atoms with Gasteiger partial charge in [-0.15, -0.1) is 0 Å². The summed E-state index contributed by atoms with van der Waals surface area (Å²) in [5.74, 6) is 0.426. The maximum atomic E-state index is 9.97. The van der Waals surface area contributed by atoms with E-state index in [1.54, 1.807) is 0 Å². The van der Waals surface area contributed by atoms with Gasteiger partial charge in [0.1, 0.15) is 5.75 Å². The maximum Gasteiger partial charge on any atom is 0.120 e. The molecule has 0 aromatic heterocycles. The van der Waals surface area contributed by atoms with Gasteiger partial charge in [0.05, 0.1) is 0 Å². The molecule has 0 aliphatic rings. The Kier molecular flexibility index (Phi) is 10.8. The number of unbranched alkanes of at least 4 members (excludes halogenated alkanes) is 7. The summed E-state index contributed by atoms with van der Waals surface area (Å²) in [6.45, 7) is 6.29. The van der Waals surface area contributed by atoms with Crippen molar-refractivity contribution in [1.82, 2.24) is 5.32 Å². The average Bonchev–Trinajstić information content (AvgIpc) is 2.53. The van der Waals surface area contributed by atoms with Crippen LogP contribution in [0.25, 0.3) is 0 Å². The van der Waals surface area contributed by atoms with Crippen LogP contribution < -0.4 is 5.32 Å². The Morgan fingerprint density at radius 1 is 0.864 bits per heavy atom. The summed E-state index contributed by atoms with van der Waals surface area (Å²) in [6, 6.07) is 6.10. The van der Waals surface area contributed by atoms with Gasteiger partial charge in [0.25, 0.3) is 0 Å². The molecule has 0 aliphatic heterocycles. The van der Waals surface area contributed by atoms with E-state index in [-0.39, 0.29) is 0 Å². The van der Waals surface area contributed by atoms with Crippen LogP contribution in [0.5, 0.6) is 5.75 Å². The number of phenols is 1. The standard InChI is InChI=1S/C20H35NO/c1-3-5-7-8-9-10-12-18-13-14-20(22)19(16-18)17-21-15-11-6-4-2/h13-14,16,21-22H,3-12,15,17H2,1-2H3. The zero-order chi connectivity index (χ0) is 16.0. The van der Waals surface area contributed by atoms with Crippen molar-refractivity contribution in [3.8, 4) is 5.75 Å². The van der Waals surface area contributed by atoms with Crippen LogP contribution >= 0.6 is 0 Å². The van der Waals surface area contributed by atoms with Crippen LogP contribution in [0.1, 0.15) is 82.8 Å². The van der Waals surface area contributed by atoms with Crippen molar-refractivity contribution in [1.29, 1.82) is 0 Å². The quantitative estimate of drug-likeness (QED) is 0.467. The molecule has 0 unspecified atom stereocenters. The number of phenolic OH excluding ortho intramolecular Hbond substituents is 1. The van der Waals surface area contributed by atoms with E-state index < -0.39 is 0 Å². The van der Waals surface area contributed by atoms with E-state index in [0.717, 1.165) is 25.1 Å². The summed E-state index contributed by atoms with van der Waals surface area (Å²) in [5.41, 5.74) is 2.40. The fourth-order valence-electron chi connectivity index (χ4n) is 2.77. The zero-order valence-corrected chi connectivity index (χ0v) is 14.7. The van der Waals surface area contributed by atoms with Crippen LogP contribution in [0.3, 0.4) is 0 Å². The molecule has 0 saturated heterocycles. The van der Waals surface area contributed by atoms with Crippen molar-refractivity contribution in [2.75, 3.05) is 6.54 Å². The second-order valence-electron chi connectivity index (χ2n) is 6.36. The van der Waals surface area contributed by atoms with Gasteiger partial charge in [-0.2, -0.15) is 0 Å². The first-order chi connectivity index (χ1) is 10.8. The molecule has 0 spiro atoms. The predicted octanol–water partition coefficient (Wildman–Crippen LogP) is 5.58.